The second-order valence-electron chi connectivity index (χ2n) is 6.97. The van der Waals surface area contributed by atoms with Crippen molar-refractivity contribution in [2.45, 2.75) is 19.1 Å². The van der Waals surface area contributed by atoms with E-state index in [4.69, 9.17) is 4.74 Å². The molecule has 4 rings (SSSR count). The summed E-state index contributed by atoms with van der Waals surface area (Å²) in [6.07, 6.45) is 2.86. The molecular formula is C20H25N5O3. The zero-order valence-electron chi connectivity index (χ0n) is 15.8. The summed E-state index contributed by atoms with van der Waals surface area (Å²) in [5.41, 5.74) is 5.78. The van der Waals surface area contributed by atoms with Gasteiger partial charge in [0.05, 0.1) is 25.9 Å². The lowest BCUT2D eigenvalue weighted by molar-refractivity contribution is 0.0885. The van der Waals surface area contributed by atoms with E-state index in [2.05, 4.69) is 51.5 Å². The maximum atomic E-state index is 10.1. The van der Waals surface area contributed by atoms with Gasteiger partial charge in [0.2, 0.25) is 0 Å². The Balaban J connectivity index is 1.60. The first-order valence-electron chi connectivity index (χ1n) is 9.45. The third-order valence-electron chi connectivity index (χ3n) is 4.88. The summed E-state index contributed by atoms with van der Waals surface area (Å²) in [5, 5.41) is 21.3. The van der Waals surface area contributed by atoms with Crippen molar-refractivity contribution in [1.82, 2.24) is 15.4 Å². The largest absolute Gasteiger partial charge is 0.393 e. The number of benzene rings is 1. The number of aryl methyl sites for hydroxylation is 1. The highest BCUT2D eigenvalue weighted by atomic mass is 16.5. The lowest BCUT2D eigenvalue weighted by atomic mass is 10.1. The van der Waals surface area contributed by atoms with Gasteiger partial charge in [0.15, 0.2) is 11.6 Å². The van der Waals surface area contributed by atoms with Gasteiger partial charge >= 0.3 is 0 Å². The molecule has 1 aromatic heterocycles. The summed E-state index contributed by atoms with van der Waals surface area (Å²) in [6, 6.07) is 10.3. The third-order valence-corrected chi connectivity index (χ3v) is 4.88. The number of hydrazine groups is 1. The second kappa shape index (κ2) is 8.24. The van der Waals surface area contributed by atoms with Crippen molar-refractivity contribution in [3.63, 3.8) is 0 Å². The Bertz CT molecular complexity index is 853. The number of aromatic nitrogens is 2. The molecule has 0 bridgehead atoms. The molecule has 2 atom stereocenters. The van der Waals surface area contributed by atoms with Gasteiger partial charge in [-0.05, 0) is 18.6 Å². The van der Waals surface area contributed by atoms with Crippen molar-refractivity contribution in [2.24, 2.45) is 0 Å². The van der Waals surface area contributed by atoms with Crippen LogP contribution >= 0.6 is 0 Å². The van der Waals surface area contributed by atoms with Gasteiger partial charge in [-0.25, -0.2) is 15.4 Å². The van der Waals surface area contributed by atoms with Crippen LogP contribution < -0.4 is 15.3 Å². The predicted octanol–water partition coefficient (Wildman–Crippen LogP) is 1.23. The summed E-state index contributed by atoms with van der Waals surface area (Å²) < 4.78 is 5.41. The molecule has 0 radical (unpaired) electrons. The fraction of sp³-hybridized carbons (Fsp3) is 0.400. The van der Waals surface area contributed by atoms with Crippen molar-refractivity contribution in [3.8, 4) is 0 Å². The molecular weight excluding hydrogens is 358 g/mol. The minimum Gasteiger partial charge on any atom is -0.393 e. The number of morpholine rings is 1. The number of nitrogens with zero attached hydrogens (tertiary/aromatic N) is 4. The molecule has 0 spiro atoms. The number of hydrogen-bond acceptors (Lipinski definition) is 8. The summed E-state index contributed by atoms with van der Waals surface area (Å²) in [6.45, 7) is 4.35. The molecule has 1 aromatic carbocycles. The molecule has 0 amide bonds. The van der Waals surface area contributed by atoms with Crippen LogP contribution in [0.3, 0.4) is 0 Å². The van der Waals surface area contributed by atoms with E-state index < -0.39 is 12.7 Å². The van der Waals surface area contributed by atoms with Crippen molar-refractivity contribution in [3.05, 3.63) is 59.6 Å². The Morgan fingerprint density at radius 3 is 2.75 bits per heavy atom. The maximum Gasteiger partial charge on any atom is 0.164 e. The monoisotopic (exact) mass is 383 g/mol. The Morgan fingerprint density at radius 1 is 1.21 bits per heavy atom. The normalized spacial score (nSPS) is 20.6. The average Bonchev–Trinajstić information content (AvgIpc) is 3.24. The van der Waals surface area contributed by atoms with E-state index in [-0.39, 0.29) is 11.9 Å². The Morgan fingerprint density at radius 2 is 2.00 bits per heavy atom. The molecule has 28 heavy (non-hydrogen) atoms. The molecule has 1 saturated heterocycles. The van der Waals surface area contributed by atoms with Crippen LogP contribution in [0, 0.1) is 6.92 Å². The van der Waals surface area contributed by atoms with Gasteiger partial charge in [-0.15, -0.1) is 0 Å². The van der Waals surface area contributed by atoms with Gasteiger partial charge in [-0.2, -0.15) is 0 Å². The standard InChI is InChI=1S/C20H25N5O3/c1-14-3-2-4-15(11-14)16-5-6-25(23-16)19-12-18(24-7-9-28-10-8-24)21-20(22-19)17(27)13-26/h2-6,11-12,16-17,23,26-27H,7-10,13H2,1H3. The van der Waals surface area contributed by atoms with Crippen molar-refractivity contribution in [1.29, 1.82) is 0 Å². The minimum absolute atomic E-state index is 0.0351. The van der Waals surface area contributed by atoms with E-state index in [9.17, 15) is 10.2 Å². The number of aliphatic hydroxyl groups is 2. The number of rotatable bonds is 5. The molecule has 1 fully saturated rings. The highest BCUT2D eigenvalue weighted by Gasteiger charge is 2.23. The zero-order valence-corrected chi connectivity index (χ0v) is 15.8. The fourth-order valence-electron chi connectivity index (χ4n) is 3.35. The lowest BCUT2D eigenvalue weighted by Gasteiger charge is -2.29. The van der Waals surface area contributed by atoms with Crippen LogP contribution in [0.1, 0.15) is 29.1 Å². The minimum atomic E-state index is -1.13. The van der Waals surface area contributed by atoms with Crippen LogP contribution in [0.2, 0.25) is 0 Å². The Hall–Kier alpha value is -2.52. The number of ether oxygens (including phenoxy) is 1. The average molecular weight is 383 g/mol. The molecule has 8 heteroatoms. The molecule has 0 saturated carbocycles. The molecule has 2 unspecified atom stereocenters. The number of anilines is 2. The number of nitrogens with one attached hydrogen (secondary N) is 1. The van der Waals surface area contributed by atoms with Crippen LogP contribution in [-0.2, 0) is 4.74 Å². The van der Waals surface area contributed by atoms with Crippen LogP contribution in [0.25, 0.3) is 0 Å². The number of hydrogen-bond donors (Lipinski definition) is 3. The van der Waals surface area contributed by atoms with Crippen molar-refractivity contribution in [2.75, 3.05) is 42.8 Å². The van der Waals surface area contributed by atoms with Gasteiger partial charge in [-0.3, -0.25) is 5.01 Å². The summed E-state index contributed by atoms with van der Waals surface area (Å²) in [5.74, 6) is 1.53. The summed E-state index contributed by atoms with van der Waals surface area (Å²) in [4.78, 5) is 11.0. The van der Waals surface area contributed by atoms with Crippen LogP contribution in [-0.4, -0.2) is 53.1 Å². The molecule has 8 nitrogen and oxygen atoms in total. The van der Waals surface area contributed by atoms with Gasteiger partial charge in [-0.1, -0.05) is 29.8 Å². The summed E-state index contributed by atoms with van der Waals surface area (Å²) >= 11 is 0. The Kier molecular flexibility index (Phi) is 5.54. The maximum absolute atomic E-state index is 10.1. The van der Waals surface area contributed by atoms with Crippen LogP contribution in [0.15, 0.2) is 42.6 Å². The number of aliphatic hydroxyl groups excluding tert-OH is 2. The van der Waals surface area contributed by atoms with E-state index >= 15 is 0 Å². The first-order valence-corrected chi connectivity index (χ1v) is 9.45. The van der Waals surface area contributed by atoms with E-state index in [0.717, 1.165) is 18.7 Å². The SMILES string of the molecule is Cc1cccc(C2C=CN(c3cc(N4CCOCC4)nc(C(O)CO)n3)N2)c1. The fourth-order valence-corrected chi connectivity index (χ4v) is 3.35. The van der Waals surface area contributed by atoms with Gasteiger partial charge in [0.1, 0.15) is 11.9 Å². The van der Waals surface area contributed by atoms with Gasteiger partial charge in [0.25, 0.3) is 0 Å². The lowest BCUT2D eigenvalue weighted by Crippen LogP contribution is -2.38. The van der Waals surface area contributed by atoms with E-state index in [1.807, 2.05) is 23.3 Å². The highest BCUT2D eigenvalue weighted by molar-refractivity contribution is 5.54. The summed E-state index contributed by atoms with van der Waals surface area (Å²) in [7, 11) is 0. The predicted molar refractivity (Wildman–Crippen MR) is 106 cm³/mol. The van der Waals surface area contributed by atoms with E-state index in [0.29, 0.717) is 24.8 Å². The smallest absolute Gasteiger partial charge is 0.164 e. The molecule has 148 valence electrons. The van der Waals surface area contributed by atoms with Crippen molar-refractivity contribution < 1.29 is 14.9 Å². The molecule has 3 N–H and O–H groups in total. The quantitative estimate of drug-likeness (QED) is 0.710. The highest BCUT2D eigenvalue weighted by Crippen LogP contribution is 2.27. The first kappa shape index (κ1) is 18.8. The molecule has 2 aliphatic rings. The second-order valence-corrected chi connectivity index (χ2v) is 6.97. The third kappa shape index (κ3) is 4.00. The molecule has 2 aromatic rings. The van der Waals surface area contributed by atoms with Crippen molar-refractivity contribution >= 4 is 11.6 Å². The van der Waals surface area contributed by atoms with Gasteiger partial charge < -0.3 is 19.8 Å². The topological polar surface area (TPSA) is 94.0 Å². The van der Waals surface area contributed by atoms with E-state index in [1.165, 1.54) is 5.56 Å². The van der Waals surface area contributed by atoms with Gasteiger partial charge in [0, 0.05) is 25.4 Å². The molecule has 3 heterocycles. The first-order chi connectivity index (χ1) is 13.6. The zero-order chi connectivity index (χ0) is 19.5. The molecule has 0 aliphatic carbocycles. The van der Waals surface area contributed by atoms with Crippen LogP contribution in [0.4, 0.5) is 11.6 Å². The van der Waals surface area contributed by atoms with Crippen LogP contribution in [0.5, 0.6) is 0 Å². The Labute approximate surface area is 164 Å². The molecule has 2 aliphatic heterocycles. The van der Waals surface area contributed by atoms with E-state index in [1.54, 1.807) is 0 Å².